The topological polar surface area (TPSA) is 57.6 Å². The Morgan fingerprint density at radius 3 is 2.76 bits per heavy atom. The van der Waals surface area contributed by atoms with Crippen LogP contribution in [-0.4, -0.2) is 24.0 Å². The Labute approximate surface area is 97.7 Å². The largest absolute Gasteiger partial charge is 0.481 e. The average Bonchev–Trinajstić information content (AvgIpc) is 2.26. The smallest absolute Gasteiger partial charge is 0.314 e. The molecule has 1 aromatic carbocycles. The minimum absolute atomic E-state index is 0.157. The van der Waals surface area contributed by atoms with E-state index in [2.05, 4.69) is 0 Å². The van der Waals surface area contributed by atoms with E-state index in [0.29, 0.717) is 11.3 Å². The molecule has 90 valence electrons. The Bertz CT molecular complexity index is 514. The third kappa shape index (κ3) is 1.58. The van der Waals surface area contributed by atoms with Crippen LogP contribution >= 0.6 is 0 Å². The lowest BCUT2D eigenvalue weighted by Gasteiger charge is -2.36. The number of nitrogens with zero attached hydrogens (tertiary/aromatic N) is 1. The molecule has 0 unspecified atom stereocenters. The van der Waals surface area contributed by atoms with E-state index >= 15 is 0 Å². The van der Waals surface area contributed by atoms with E-state index in [1.54, 1.807) is 7.05 Å². The molecule has 2 rings (SSSR count). The summed E-state index contributed by atoms with van der Waals surface area (Å²) in [5.41, 5.74) is -0.569. The molecule has 1 N–H and O–H groups in total. The van der Waals surface area contributed by atoms with Crippen molar-refractivity contribution < 1.29 is 19.1 Å². The van der Waals surface area contributed by atoms with Crippen LogP contribution < -0.4 is 4.90 Å². The molecule has 0 radical (unpaired) electrons. The van der Waals surface area contributed by atoms with Gasteiger partial charge in [-0.2, -0.15) is 0 Å². The van der Waals surface area contributed by atoms with Crippen molar-refractivity contribution in [3.63, 3.8) is 0 Å². The van der Waals surface area contributed by atoms with Gasteiger partial charge >= 0.3 is 5.97 Å². The molecule has 1 heterocycles. The SMILES string of the molecule is CN1C(=O)C[C@@](C)(C(=O)O)c2cc(F)ccc21. The van der Waals surface area contributed by atoms with Gasteiger partial charge < -0.3 is 10.0 Å². The van der Waals surface area contributed by atoms with Crippen molar-refractivity contribution >= 4 is 17.6 Å². The van der Waals surface area contributed by atoms with Crippen LogP contribution in [0.15, 0.2) is 18.2 Å². The monoisotopic (exact) mass is 237 g/mol. The number of rotatable bonds is 1. The van der Waals surface area contributed by atoms with Gasteiger partial charge in [0.2, 0.25) is 5.91 Å². The van der Waals surface area contributed by atoms with Gasteiger partial charge in [0.15, 0.2) is 0 Å². The van der Waals surface area contributed by atoms with Crippen LogP contribution in [0.2, 0.25) is 0 Å². The normalized spacial score (nSPS) is 23.5. The molecule has 0 fully saturated rings. The zero-order valence-corrected chi connectivity index (χ0v) is 9.53. The first-order valence-electron chi connectivity index (χ1n) is 5.16. The second-order valence-corrected chi connectivity index (χ2v) is 4.43. The first-order chi connectivity index (χ1) is 7.86. The van der Waals surface area contributed by atoms with Crippen molar-refractivity contribution in [2.45, 2.75) is 18.8 Å². The number of fused-ring (bicyclic) bond motifs is 1. The lowest BCUT2D eigenvalue weighted by molar-refractivity contribution is -0.145. The van der Waals surface area contributed by atoms with E-state index in [4.69, 9.17) is 0 Å². The molecule has 0 bridgehead atoms. The van der Waals surface area contributed by atoms with Gasteiger partial charge in [-0.05, 0) is 30.7 Å². The standard InChI is InChI=1S/C12H12FNO3/c1-12(11(16)17)6-10(15)14(2)9-4-3-7(13)5-8(9)12/h3-5H,6H2,1-2H3,(H,16,17)/t12-/m1/s1. The number of hydrogen-bond acceptors (Lipinski definition) is 2. The Hall–Kier alpha value is -1.91. The number of benzene rings is 1. The molecule has 5 heteroatoms. The second kappa shape index (κ2) is 3.55. The summed E-state index contributed by atoms with van der Waals surface area (Å²) < 4.78 is 13.2. The highest BCUT2D eigenvalue weighted by Gasteiger charge is 2.44. The summed E-state index contributed by atoms with van der Waals surface area (Å²) in [6.07, 6.45) is -0.157. The zero-order chi connectivity index (χ0) is 12.8. The maximum atomic E-state index is 13.2. The molecular formula is C12H12FNO3. The Balaban J connectivity index is 2.70. The Morgan fingerprint density at radius 1 is 1.53 bits per heavy atom. The van der Waals surface area contributed by atoms with E-state index in [9.17, 15) is 19.1 Å². The molecule has 1 atom stereocenters. The molecule has 17 heavy (non-hydrogen) atoms. The van der Waals surface area contributed by atoms with Crippen LogP contribution in [0, 0.1) is 5.82 Å². The van der Waals surface area contributed by atoms with E-state index in [1.807, 2.05) is 0 Å². The number of halogens is 1. The lowest BCUT2D eigenvalue weighted by atomic mass is 9.75. The molecule has 4 nitrogen and oxygen atoms in total. The minimum Gasteiger partial charge on any atom is -0.481 e. The summed E-state index contributed by atoms with van der Waals surface area (Å²) in [5.74, 6) is -1.90. The first kappa shape index (κ1) is 11.6. The van der Waals surface area contributed by atoms with E-state index in [-0.39, 0.29) is 12.3 Å². The van der Waals surface area contributed by atoms with Gasteiger partial charge in [-0.3, -0.25) is 9.59 Å². The number of hydrogen-bond donors (Lipinski definition) is 1. The van der Waals surface area contributed by atoms with Crippen molar-refractivity contribution in [1.82, 2.24) is 0 Å². The number of anilines is 1. The fourth-order valence-corrected chi connectivity index (χ4v) is 2.08. The maximum absolute atomic E-state index is 13.2. The molecule has 0 saturated heterocycles. The fourth-order valence-electron chi connectivity index (χ4n) is 2.08. The van der Waals surface area contributed by atoms with E-state index < -0.39 is 17.2 Å². The number of aliphatic carboxylic acids is 1. The van der Waals surface area contributed by atoms with Crippen LogP contribution in [-0.2, 0) is 15.0 Å². The summed E-state index contributed by atoms with van der Waals surface area (Å²) in [6.45, 7) is 1.44. The highest BCUT2D eigenvalue weighted by molar-refractivity contribution is 6.02. The van der Waals surface area contributed by atoms with Crippen molar-refractivity contribution in [3.05, 3.63) is 29.6 Å². The molecule has 0 spiro atoms. The van der Waals surface area contributed by atoms with Gasteiger partial charge in [0.05, 0.1) is 0 Å². The van der Waals surface area contributed by atoms with Crippen LogP contribution in [0.4, 0.5) is 10.1 Å². The van der Waals surface area contributed by atoms with Gasteiger partial charge in [0.1, 0.15) is 11.2 Å². The number of amides is 1. The summed E-state index contributed by atoms with van der Waals surface area (Å²) in [4.78, 5) is 24.4. The van der Waals surface area contributed by atoms with Gasteiger partial charge in [0, 0.05) is 19.2 Å². The lowest BCUT2D eigenvalue weighted by Crippen LogP contribution is -2.45. The van der Waals surface area contributed by atoms with Gasteiger partial charge in [0.25, 0.3) is 0 Å². The van der Waals surface area contributed by atoms with Crippen molar-refractivity contribution in [3.8, 4) is 0 Å². The minimum atomic E-state index is -1.36. The third-order valence-electron chi connectivity index (χ3n) is 3.27. The Kier molecular flexibility index (Phi) is 2.41. The predicted octanol–water partition coefficient (Wildman–Crippen LogP) is 1.53. The quantitative estimate of drug-likeness (QED) is 0.805. The Morgan fingerprint density at radius 2 is 2.18 bits per heavy atom. The fraction of sp³-hybridized carbons (Fsp3) is 0.333. The number of carboxylic acids is 1. The van der Waals surface area contributed by atoms with Crippen molar-refractivity contribution in [2.24, 2.45) is 0 Å². The summed E-state index contributed by atoms with van der Waals surface area (Å²) in [5, 5.41) is 9.25. The molecule has 0 aromatic heterocycles. The van der Waals surface area contributed by atoms with E-state index in [0.717, 1.165) is 0 Å². The number of carbonyl (C=O) groups excluding carboxylic acids is 1. The second-order valence-electron chi connectivity index (χ2n) is 4.43. The van der Waals surface area contributed by atoms with Crippen LogP contribution in [0.3, 0.4) is 0 Å². The molecule has 0 saturated carbocycles. The molecule has 1 amide bonds. The summed E-state index contributed by atoms with van der Waals surface area (Å²) in [6, 6.07) is 3.84. The molecule has 1 aliphatic rings. The first-order valence-corrected chi connectivity index (χ1v) is 5.16. The molecule has 0 aliphatic carbocycles. The molecular weight excluding hydrogens is 225 g/mol. The molecule has 1 aromatic rings. The third-order valence-corrected chi connectivity index (χ3v) is 3.27. The van der Waals surface area contributed by atoms with Gasteiger partial charge in [-0.1, -0.05) is 0 Å². The maximum Gasteiger partial charge on any atom is 0.314 e. The van der Waals surface area contributed by atoms with Crippen molar-refractivity contribution in [2.75, 3.05) is 11.9 Å². The van der Waals surface area contributed by atoms with Crippen LogP contribution in [0.5, 0.6) is 0 Å². The van der Waals surface area contributed by atoms with Crippen molar-refractivity contribution in [1.29, 1.82) is 0 Å². The zero-order valence-electron chi connectivity index (χ0n) is 9.53. The number of carboxylic acid groups (broad SMARTS) is 1. The van der Waals surface area contributed by atoms with Gasteiger partial charge in [-0.25, -0.2) is 4.39 Å². The molecule has 1 aliphatic heterocycles. The summed E-state index contributed by atoms with van der Waals surface area (Å²) in [7, 11) is 1.56. The highest BCUT2D eigenvalue weighted by Crippen LogP contribution is 2.40. The summed E-state index contributed by atoms with van der Waals surface area (Å²) >= 11 is 0. The number of carbonyl (C=O) groups is 2. The van der Waals surface area contributed by atoms with Gasteiger partial charge in [-0.15, -0.1) is 0 Å². The average molecular weight is 237 g/mol. The predicted molar refractivity (Wildman–Crippen MR) is 59.4 cm³/mol. The highest BCUT2D eigenvalue weighted by atomic mass is 19.1. The van der Waals surface area contributed by atoms with Crippen LogP contribution in [0.25, 0.3) is 0 Å². The van der Waals surface area contributed by atoms with E-state index in [1.165, 1.54) is 30.0 Å². The van der Waals surface area contributed by atoms with Crippen LogP contribution in [0.1, 0.15) is 18.9 Å².